The molecule has 0 bridgehead atoms. The van der Waals surface area contributed by atoms with Crippen LogP contribution >= 0.6 is 0 Å². The van der Waals surface area contributed by atoms with Crippen molar-refractivity contribution in [1.29, 1.82) is 0 Å². The second-order valence-electron chi connectivity index (χ2n) is 7.75. The lowest BCUT2D eigenvalue weighted by Crippen LogP contribution is -1.84. The lowest BCUT2D eigenvalue weighted by atomic mass is 9.99. The Morgan fingerprint density at radius 1 is 0.536 bits per heavy atom. The monoisotopic (exact) mass is 356 g/mol. The van der Waals surface area contributed by atoms with Gasteiger partial charge in [0.2, 0.25) is 0 Å². The van der Waals surface area contributed by atoms with Gasteiger partial charge < -0.3 is 4.42 Å². The van der Waals surface area contributed by atoms with Gasteiger partial charge in [0.15, 0.2) is 0 Å². The van der Waals surface area contributed by atoms with E-state index in [0.717, 1.165) is 17.6 Å². The van der Waals surface area contributed by atoms with Crippen LogP contribution in [0.3, 0.4) is 0 Å². The van der Waals surface area contributed by atoms with Crippen LogP contribution in [-0.4, -0.2) is 0 Å². The van der Waals surface area contributed by atoms with Gasteiger partial charge in [-0.15, -0.1) is 0 Å². The lowest BCUT2D eigenvalue weighted by Gasteiger charge is -2.05. The van der Waals surface area contributed by atoms with Crippen molar-refractivity contribution in [2.75, 3.05) is 0 Å². The molecule has 1 aliphatic carbocycles. The molecule has 1 heteroatoms. The smallest absolute Gasteiger partial charge is 0.136 e. The summed E-state index contributed by atoms with van der Waals surface area (Å²) in [5.41, 5.74) is 7.52. The maximum absolute atomic E-state index is 6.27. The maximum Gasteiger partial charge on any atom is 0.136 e. The van der Waals surface area contributed by atoms with Crippen LogP contribution in [0.2, 0.25) is 0 Å². The van der Waals surface area contributed by atoms with E-state index in [1.807, 2.05) is 0 Å². The van der Waals surface area contributed by atoms with Crippen LogP contribution < -0.4 is 0 Å². The summed E-state index contributed by atoms with van der Waals surface area (Å²) in [5, 5.41) is 7.66. The number of furan rings is 1. The summed E-state index contributed by atoms with van der Waals surface area (Å²) in [5.74, 6) is 0. The van der Waals surface area contributed by atoms with Crippen molar-refractivity contribution in [1.82, 2.24) is 0 Å². The molecule has 7 rings (SSSR count). The fourth-order valence-electron chi connectivity index (χ4n) is 5.02. The number of hydrogen-bond acceptors (Lipinski definition) is 1. The Morgan fingerprint density at radius 2 is 1.25 bits per heavy atom. The molecule has 0 saturated carbocycles. The Hall–Kier alpha value is -3.58. The number of benzene rings is 5. The van der Waals surface area contributed by atoms with Crippen LogP contribution in [-0.2, 0) is 6.42 Å². The van der Waals surface area contributed by atoms with Crippen LogP contribution in [0.4, 0.5) is 0 Å². The highest BCUT2D eigenvalue weighted by atomic mass is 16.3. The van der Waals surface area contributed by atoms with Crippen molar-refractivity contribution >= 4 is 43.5 Å². The molecular weight excluding hydrogens is 340 g/mol. The third-order valence-corrected chi connectivity index (χ3v) is 6.30. The molecule has 1 aromatic heterocycles. The van der Waals surface area contributed by atoms with Crippen molar-refractivity contribution in [2.45, 2.75) is 6.42 Å². The molecule has 0 saturated heterocycles. The van der Waals surface area contributed by atoms with E-state index in [9.17, 15) is 0 Å². The second kappa shape index (κ2) is 5.02. The summed E-state index contributed by atoms with van der Waals surface area (Å²) in [6, 6.07) is 30.6. The predicted octanol–water partition coefficient (Wildman–Crippen LogP) is 7.46. The van der Waals surface area contributed by atoms with Gasteiger partial charge in [-0.05, 0) is 62.0 Å². The lowest BCUT2D eigenvalue weighted by molar-refractivity contribution is 0.669. The van der Waals surface area contributed by atoms with Gasteiger partial charge in [-0.2, -0.15) is 0 Å². The molecule has 0 N–H and O–H groups in total. The van der Waals surface area contributed by atoms with Crippen LogP contribution in [0.5, 0.6) is 0 Å². The van der Waals surface area contributed by atoms with E-state index < -0.39 is 0 Å². The van der Waals surface area contributed by atoms with Gasteiger partial charge in [-0.3, -0.25) is 0 Å². The Bertz CT molecular complexity index is 1580. The molecule has 1 aliphatic rings. The Labute approximate surface area is 161 Å². The maximum atomic E-state index is 6.27. The van der Waals surface area contributed by atoms with Crippen LogP contribution in [0, 0.1) is 0 Å². The molecule has 0 amide bonds. The molecule has 1 heterocycles. The second-order valence-corrected chi connectivity index (χ2v) is 7.75. The van der Waals surface area contributed by atoms with E-state index in [-0.39, 0.29) is 0 Å². The topological polar surface area (TPSA) is 13.1 Å². The fourth-order valence-corrected chi connectivity index (χ4v) is 5.02. The highest BCUT2D eigenvalue weighted by Crippen LogP contribution is 2.46. The first-order chi connectivity index (χ1) is 13.9. The third kappa shape index (κ3) is 1.76. The zero-order valence-corrected chi connectivity index (χ0v) is 15.2. The highest BCUT2D eigenvalue weighted by molar-refractivity contribution is 6.14. The van der Waals surface area contributed by atoms with Crippen molar-refractivity contribution in [3.8, 4) is 11.1 Å². The molecular formula is C27H16O. The molecule has 0 atom stereocenters. The van der Waals surface area contributed by atoms with Gasteiger partial charge in [0, 0.05) is 17.2 Å². The molecule has 0 fully saturated rings. The summed E-state index contributed by atoms with van der Waals surface area (Å²) in [6.45, 7) is 0. The Morgan fingerprint density at radius 3 is 2.14 bits per heavy atom. The minimum Gasteiger partial charge on any atom is -0.456 e. The minimum absolute atomic E-state index is 0.963. The van der Waals surface area contributed by atoms with E-state index in [0.29, 0.717) is 0 Å². The Kier molecular flexibility index (Phi) is 2.60. The van der Waals surface area contributed by atoms with Crippen molar-refractivity contribution in [3.05, 3.63) is 96.1 Å². The quantitative estimate of drug-likeness (QED) is 0.275. The normalized spacial score (nSPS) is 12.9. The fraction of sp³-hybridized carbons (Fsp3) is 0.0370. The summed E-state index contributed by atoms with van der Waals surface area (Å²) >= 11 is 0. The zero-order chi connectivity index (χ0) is 18.2. The Balaban J connectivity index is 1.59. The van der Waals surface area contributed by atoms with E-state index in [4.69, 9.17) is 4.42 Å². The molecule has 130 valence electrons. The molecule has 28 heavy (non-hydrogen) atoms. The van der Waals surface area contributed by atoms with Gasteiger partial charge in [-0.1, -0.05) is 66.7 Å². The van der Waals surface area contributed by atoms with E-state index in [1.165, 1.54) is 54.6 Å². The van der Waals surface area contributed by atoms with Gasteiger partial charge in [0.1, 0.15) is 11.2 Å². The van der Waals surface area contributed by atoms with E-state index in [1.54, 1.807) is 0 Å². The summed E-state index contributed by atoms with van der Waals surface area (Å²) in [4.78, 5) is 0. The van der Waals surface area contributed by atoms with Gasteiger partial charge in [0.25, 0.3) is 0 Å². The molecule has 1 nitrogen and oxygen atoms in total. The molecule has 0 radical (unpaired) electrons. The average molecular weight is 356 g/mol. The first-order valence-electron chi connectivity index (χ1n) is 9.75. The van der Waals surface area contributed by atoms with Gasteiger partial charge >= 0.3 is 0 Å². The number of fused-ring (bicyclic) bond motifs is 10. The molecule has 0 spiro atoms. The molecule has 0 unspecified atom stereocenters. The largest absolute Gasteiger partial charge is 0.456 e. The van der Waals surface area contributed by atoms with Crippen molar-refractivity contribution < 1.29 is 4.42 Å². The SMILES string of the molecule is c1ccc2cc3c(cc2c1)oc1ccc2c(c13)Cc1c-2ccc2ccccc12. The molecule has 5 aromatic carbocycles. The first kappa shape index (κ1) is 14.5. The van der Waals surface area contributed by atoms with Crippen molar-refractivity contribution in [2.24, 2.45) is 0 Å². The van der Waals surface area contributed by atoms with Crippen LogP contribution in [0.25, 0.3) is 54.6 Å². The number of hydrogen-bond donors (Lipinski definition) is 0. The predicted molar refractivity (Wildman–Crippen MR) is 117 cm³/mol. The standard InChI is InChI=1S/C27H16O/c1-2-7-18-14-26-24(13-17(18)6-1)27-23-15-22-19-8-4-3-5-16(19)9-10-20(22)21(23)11-12-25(27)28-26/h1-14H,15H2. The highest BCUT2D eigenvalue weighted by Gasteiger charge is 2.24. The third-order valence-electron chi connectivity index (χ3n) is 6.30. The van der Waals surface area contributed by atoms with Crippen molar-refractivity contribution in [3.63, 3.8) is 0 Å². The average Bonchev–Trinajstić information content (AvgIpc) is 3.29. The number of rotatable bonds is 0. The van der Waals surface area contributed by atoms with Crippen LogP contribution in [0.15, 0.2) is 89.3 Å². The summed E-state index contributed by atoms with van der Waals surface area (Å²) in [7, 11) is 0. The summed E-state index contributed by atoms with van der Waals surface area (Å²) < 4.78 is 6.27. The van der Waals surface area contributed by atoms with Gasteiger partial charge in [-0.25, -0.2) is 0 Å². The van der Waals surface area contributed by atoms with Gasteiger partial charge in [0.05, 0.1) is 0 Å². The first-order valence-corrected chi connectivity index (χ1v) is 9.75. The minimum atomic E-state index is 0.963. The summed E-state index contributed by atoms with van der Waals surface area (Å²) in [6.07, 6.45) is 0.963. The zero-order valence-electron chi connectivity index (χ0n) is 15.2. The van der Waals surface area contributed by atoms with E-state index in [2.05, 4.69) is 84.9 Å². The molecule has 0 aliphatic heterocycles. The van der Waals surface area contributed by atoms with Crippen LogP contribution in [0.1, 0.15) is 11.1 Å². The molecule has 6 aromatic rings. The van der Waals surface area contributed by atoms with E-state index >= 15 is 0 Å².